The molecule has 3 rings (SSSR count). The number of piperidine rings is 1. The molecule has 1 atom stereocenters. The summed E-state index contributed by atoms with van der Waals surface area (Å²) < 4.78 is 0. The molecule has 1 aliphatic rings. The van der Waals surface area contributed by atoms with Gasteiger partial charge in [-0.1, -0.05) is 18.5 Å². The molecule has 1 saturated heterocycles. The number of fused-ring (bicyclic) bond motifs is 1. The monoisotopic (exact) mass is 276 g/mol. The van der Waals surface area contributed by atoms with Gasteiger partial charge in [-0.15, -0.1) is 0 Å². The zero-order valence-corrected chi connectivity index (χ0v) is 11.7. The summed E-state index contributed by atoms with van der Waals surface area (Å²) >= 11 is 6.02. The minimum atomic E-state index is 0.111. The zero-order chi connectivity index (χ0) is 13.4. The molecule has 4 heteroatoms. The van der Waals surface area contributed by atoms with Gasteiger partial charge in [0.1, 0.15) is 0 Å². The molecule has 3 nitrogen and oxygen atoms in total. The smallest absolute Gasteiger partial charge is 0.256 e. The van der Waals surface area contributed by atoms with E-state index in [1.165, 1.54) is 6.42 Å². The van der Waals surface area contributed by atoms with Gasteiger partial charge in [-0.25, -0.2) is 0 Å². The summed E-state index contributed by atoms with van der Waals surface area (Å²) in [5.41, 5.74) is 1.68. The Balaban J connectivity index is 1.95. The Hall–Kier alpha value is -1.48. The molecule has 1 amide bonds. The van der Waals surface area contributed by atoms with E-state index in [-0.39, 0.29) is 5.91 Å². The summed E-state index contributed by atoms with van der Waals surface area (Å²) in [6.45, 7) is 3.91. The number of aromatic nitrogens is 1. The van der Waals surface area contributed by atoms with Crippen molar-refractivity contribution in [2.24, 2.45) is 5.92 Å². The lowest BCUT2D eigenvalue weighted by Crippen LogP contribution is -2.39. The molecule has 19 heavy (non-hydrogen) atoms. The van der Waals surface area contributed by atoms with Crippen molar-refractivity contribution >= 4 is 28.4 Å². The van der Waals surface area contributed by atoms with Gasteiger partial charge in [0, 0.05) is 35.2 Å². The molecule has 0 bridgehead atoms. The molecule has 0 saturated carbocycles. The maximum absolute atomic E-state index is 12.6. The number of benzene rings is 1. The number of nitrogens with zero attached hydrogens (tertiary/aromatic N) is 1. The number of carbonyl (C=O) groups excluding carboxylic acids is 1. The van der Waals surface area contributed by atoms with E-state index in [1.54, 1.807) is 6.20 Å². The van der Waals surface area contributed by atoms with Crippen molar-refractivity contribution in [1.29, 1.82) is 0 Å². The summed E-state index contributed by atoms with van der Waals surface area (Å²) in [6.07, 6.45) is 4.10. The Bertz CT molecular complexity index is 620. The lowest BCUT2D eigenvalue weighted by atomic mass is 9.99. The van der Waals surface area contributed by atoms with Crippen LogP contribution in [0.25, 0.3) is 10.9 Å². The van der Waals surface area contributed by atoms with Crippen LogP contribution in [0.2, 0.25) is 5.02 Å². The third kappa shape index (κ3) is 2.35. The van der Waals surface area contributed by atoms with E-state index in [0.717, 1.165) is 36.0 Å². The molecule has 2 aromatic rings. The highest BCUT2D eigenvalue weighted by Crippen LogP contribution is 2.25. The van der Waals surface area contributed by atoms with Gasteiger partial charge >= 0.3 is 0 Å². The van der Waals surface area contributed by atoms with E-state index in [1.807, 2.05) is 23.1 Å². The van der Waals surface area contributed by atoms with Crippen LogP contribution in [0.3, 0.4) is 0 Å². The van der Waals surface area contributed by atoms with Crippen molar-refractivity contribution in [2.45, 2.75) is 19.8 Å². The van der Waals surface area contributed by atoms with E-state index in [2.05, 4.69) is 11.9 Å². The fraction of sp³-hybridized carbons (Fsp3) is 0.400. The Morgan fingerprint density at radius 1 is 1.47 bits per heavy atom. The van der Waals surface area contributed by atoms with Gasteiger partial charge in [0.15, 0.2) is 0 Å². The SMILES string of the molecule is CC1CCCN(C(=O)c2c[nH]c3ccc(Cl)cc23)C1. The molecule has 0 aliphatic carbocycles. The largest absolute Gasteiger partial charge is 0.360 e. The van der Waals surface area contributed by atoms with E-state index in [9.17, 15) is 4.79 Å². The second kappa shape index (κ2) is 4.89. The van der Waals surface area contributed by atoms with Crippen LogP contribution >= 0.6 is 11.6 Å². The second-order valence-electron chi connectivity index (χ2n) is 5.39. The van der Waals surface area contributed by atoms with Crippen LogP contribution in [-0.4, -0.2) is 28.9 Å². The normalized spacial score (nSPS) is 19.9. The van der Waals surface area contributed by atoms with Gasteiger partial charge < -0.3 is 9.88 Å². The van der Waals surface area contributed by atoms with Gasteiger partial charge in [0.25, 0.3) is 5.91 Å². The molecule has 1 aliphatic heterocycles. The van der Waals surface area contributed by atoms with Gasteiger partial charge in [-0.3, -0.25) is 4.79 Å². The molecule has 1 aromatic heterocycles. The number of halogens is 1. The van der Waals surface area contributed by atoms with Crippen molar-refractivity contribution < 1.29 is 4.79 Å². The lowest BCUT2D eigenvalue weighted by Gasteiger charge is -2.30. The highest BCUT2D eigenvalue weighted by atomic mass is 35.5. The van der Waals surface area contributed by atoms with Gasteiger partial charge in [-0.05, 0) is 37.0 Å². The molecule has 0 radical (unpaired) electrons. The van der Waals surface area contributed by atoms with Gasteiger partial charge in [0.2, 0.25) is 0 Å². The Morgan fingerprint density at radius 2 is 2.32 bits per heavy atom. The maximum Gasteiger partial charge on any atom is 0.256 e. The molecule has 1 fully saturated rings. The number of likely N-dealkylation sites (tertiary alicyclic amines) is 1. The van der Waals surface area contributed by atoms with Gasteiger partial charge in [0.05, 0.1) is 5.56 Å². The van der Waals surface area contributed by atoms with E-state index in [0.29, 0.717) is 10.9 Å². The molecule has 100 valence electrons. The lowest BCUT2D eigenvalue weighted by molar-refractivity contribution is 0.0685. The first-order chi connectivity index (χ1) is 9.15. The summed E-state index contributed by atoms with van der Waals surface area (Å²) in [5, 5.41) is 1.57. The number of hydrogen-bond donors (Lipinski definition) is 1. The summed E-state index contributed by atoms with van der Waals surface area (Å²) in [7, 11) is 0. The van der Waals surface area contributed by atoms with Crippen LogP contribution in [0.15, 0.2) is 24.4 Å². The molecule has 1 aromatic carbocycles. The number of nitrogens with one attached hydrogen (secondary N) is 1. The number of hydrogen-bond acceptors (Lipinski definition) is 1. The fourth-order valence-electron chi connectivity index (χ4n) is 2.81. The molecule has 2 heterocycles. The predicted molar refractivity (Wildman–Crippen MR) is 77.6 cm³/mol. The topological polar surface area (TPSA) is 36.1 Å². The van der Waals surface area contributed by atoms with E-state index >= 15 is 0 Å². The average Bonchev–Trinajstić information content (AvgIpc) is 2.80. The Labute approximate surface area is 117 Å². The van der Waals surface area contributed by atoms with E-state index in [4.69, 9.17) is 11.6 Å². The highest BCUT2D eigenvalue weighted by molar-refractivity contribution is 6.31. The fourth-order valence-corrected chi connectivity index (χ4v) is 2.99. The first-order valence-electron chi connectivity index (χ1n) is 6.71. The van der Waals surface area contributed by atoms with Crippen LogP contribution in [0.4, 0.5) is 0 Å². The number of amides is 1. The number of rotatable bonds is 1. The van der Waals surface area contributed by atoms with Crippen LogP contribution < -0.4 is 0 Å². The number of H-pyrrole nitrogens is 1. The van der Waals surface area contributed by atoms with Crippen LogP contribution in [0.5, 0.6) is 0 Å². The van der Waals surface area contributed by atoms with Gasteiger partial charge in [-0.2, -0.15) is 0 Å². The molecule has 1 N–H and O–H groups in total. The minimum absolute atomic E-state index is 0.111. The van der Waals surface area contributed by atoms with Crippen LogP contribution in [0.1, 0.15) is 30.1 Å². The highest BCUT2D eigenvalue weighted by Gasteiger charge is 2.23. The van der Waals surface area contributed by atoms with Crippen LogP contribution in [-0.2, 0) is 0 Å². The quantitative estimate of drug-likeness (QED) is 0.847. The summed E-state index contributed by atoms with van der Waals surface area (Å²) in [6, 6.07) is 5.60. The first kappa shape index (κ1) is 12.5. The Kier molecular flexibility index (Phi) is 3.23. The van der Waals surface area contributed by atoms with Crippen molar-refractivity contribution in [3.8, 4) is 0 Å². The summed E-state index contributed by atoms with van der Waals surface area (Å²) in [4.78, 5) is 17.7. The van der Waals surface area contributed by atoms with Crippen molar-refractivity contribution in [2.75, 3.05) is 13.1 Å². The predicted octanol–water partition coefficient (Wildman–Crippen LogP) is 3.69. The molecular weight excluding hydrogens is 260 g/mol. The number of carbonyl (C=O) groups is 1. The average molecular weight is 277 g/mol. The Morgan fingerprint density at radius 3 is 3.11 bits per heavy atom. The maximum atomic E-state index is 12.6. The first-order valence-corrected chi connectivity index (χ1v) is 7.09. The molecule has 1 unspecified atom stereocenters. The second-order valence-corrected chi connectivity index (χ2v) is 5.83. The molecule has 0 spiro atoms. The minimum Gasteiger partial charge on any atom is -0.360 e. The standard InChI is InChI=1S/C15H17ClN2O/c1-10-3-2-6-18(9-10)15(19)13-8-17-14-5-4-11(16)7-12(13)14/h4-5,7-8,10,17H,2-3,6,9H2,1H3. The summed E-state index contributed by atoms with van der Waals surface area (Å²) in [5.74, 6) is 0.701. The molecular formula is C15H17ClN2O. The van der Waals surface area contributed by atoms with E-state index < -0.39 is 0 Å². The zero-order valence-electron chi connectivity index (χ0n) is 10.9. The van der Waals surface area contributed by atoms with Crippen molar-refractivity contribution in [3.63, 3.8) is 0 Å². The third-order valence-corrected chi connectivity index (χ3v) is 4.05. The number of aromatic amines is 1. The van der Waals surface area contributed by atoms with Crippen molar-refractivity contribution in [1.82, 2.24) is 9.88 Å². The van der Waals surface area contributed by atoms with Crippen LogP contribution in [0, 0.1) is 5.92 Å². The third-order valence-electron chi connectivity index (χ3n) is 3.82. The van der Waals surface area contributed by atoms with Crippen molar-refractivity contribution in [3.05, 3.63) is 35.0 Å².